The molecule has 0 N–H and O–H groups in total. The highest BCUT2D eigenvalue weighted by molar-refractivity contribution is 7.26. The molecule has 0 aliphatic carbocycles. The number of nitrogens with zero attached hydrogens (tertiary/aromatic N) is 7. The van der Waals surface area contributed by atoms with Crippen LogP contribution in [0.1, 0.15) is 0 Å². The Hall–Kier alpha value is -7.85. The van der Waals surface area contributed by atoms with E-state index in [1.54, 1.807) is 6.20 Å². The van der Waals surface area contributed by atoms with E-state index in [2.05, 4.69) is 172 Å². The van der Waals surface area contributed by atoms with Gasteiger partial charge in [0.15, 0.2) is 17.3 Å². The van der Waals surface area contributed by atoms with Crippen molar-refractivity contribution in [2.24, 2.45) is 0 Å². The molecule has 0 saturated heterocycles. The summed E-state index contributed by atoms with van der Waals surface area (Å²) in [6, 6.07) is 60.3. The number of aromatic nitrogens is 7. The van der Waals surface area contributed by atoms with Crippen LogP contribution in [0.5, 0.6) is 0 Å². The molecule has 0 fully saturated rings. The van der Waals surface area contributed by atoms with Crippen LogP contribution in [0.3, 0.4) is 0 Å². The first kappa shape index (κ1) is 33.9. The molecule has 14 rings (SSSR count). The number of pyridine rings is 2. The zero-order valence-electron chi connectivity index (χ0n) is 32.7. The number of fused-ring (bicyclic) bond motifs is 13. The van der Waals surface area contributed by atoms with Crippen molar-refractivity contribution in [1.82, 2.24) is 34.1 Å². The molecule has 9 heteroatoms. The van der Waals surface area contributed by atoms with Crippen molar-refractivity contribution in [2.45, 2.75) is 0 Å². The second kappa shape index (κ2) is 12.8. The van der Waals surface area contributed by atoms with Crippen LogP contribution in [-0.2, 0) is 0 Å². The molecular formula is C53H29N7S2. The fourth-order valence-electron chi connectivity index (χ4n) is 9.41. The maximum atomic E-state index is 5.40. The van der Waals surface area contributed by atoms with Crippen LogP contribution in [0.15, 0.2) is 176 Å². The Morgan fingerprint density at radius 2 is 0.903 bits per heavy atom. The smallest absolute Gasteiger partial charge is 0.238 e. The predicted octanol–water partition coefficient (Wildman–Crippen LogP) is 14.1. The third kappa shape index (κ3) is 4.94. The number of benzene rings is 7. The third-order valence-corrected chi connectivity index (χ3v) is 14.5. The van der Waals surface area contributed by atoms with Crippen LogP contribution in [0.2, 0.25) is 0 Å². The van der Waals surface area contributed by atoms with Crippen molar-refractivity contribution in [3.63, 3.8) is 0 Å². The average molecular weight is 828 g/mol. The molecule has 0 unspecified atom stereocenters. The highest BCUT2D eigenvalue weighted by Gasteiger charge is 2.22. The molecule has 7 aromatic carbocycles. The highest BCUT2D eigenvalue weighted by atomic mass is 32.1. The van der Waals surface area contributed by atoms with Crippen LogP contribution in [0.25, 0.3) is 130 Å². The third-order valence-electron chi connectivity index (χ3n) is 12.2. The van der Waals surface area contributed by atoms with Gasteiger partial charge in [-0.05, 0) is 97.1 Å². The van der Waals surface area contributed by atoms with Crippen LogP contribution < -0.4 is 0 Å². The van der Waals surface area contributed by atoms with Gasteiger partial charge in [-0.2, -0.15) is 9.97 Å². The van der Waals surface area contributed by atoms with Gasteiger partial charge >= 0.3 is 0 Å². The second-order valence-electron chi connectivity index (χ2n) is 15.7. The molecule has 0 radical (unpaired) electrons. The largest absolute Gasteiger partial charge is 0.294 e. The van der Waals surface area contributed by atoms with E-state index in [-0.39, 0.29) is 0 Å². The number of rotatable bonds is 4. The van der Waals surface area contributed by atoms with E-state index in [1.807, 2.05) is 34.8 Å². The Labute approximate surface area is 360 Å². The molecule has 7 nitrogen and oxygen atoms in total. The van der Waals surface area contributed by atoms with E-state index < -0.39 is 0 Å². The normalized spacial score (nSPS) is 12.2. The van der Waals surface area contributed by atoms with Gasteiger partial charge in [-0.3, -0.25) is 9.13 Å². The van der Waals surface area contributed by atoms with E-state index in [9.17, 15) is 0 Å². The summed E-state index contributed by atoms with van der Waals surface area (Å²) >= 11 is 3.62. The van der Waals surface area contributed by atoms with Crippen molar-refractivity contribution in [3.8, 4) is 34.5 Å². The van der Waals surface area contributed by atoms with Gasteiger partial charge in [0, 0.05) is 84.6 Å². The van der Waals surface area contributed by atoms with E-state index in [0.29, 0.717) is 23.2 Å². The van der Waals surface area contributed by atoms with Crippen molar-refractivity contribution in [3.05, 3.63) is 176 Å². The van der Waals surface area contributed by atoms with E-state index in [4.69, 9.17) is 19.9 Å². The first-order valence-corrected chi connectivity index (χ1v) is 22.1. The minimum atomic E-state index is 0.553. The fraction of sp³-hybridized carbons (Fsp3) is 0. The first-order chi connectivity index (χ1) is 30.7. The lowest BCUT2D eigenvalue weighted by molar-refractivity contribution is 0.954. The first-order valence-electron chi connectivity index (χ1n) is 20.5. The van der Waals surface area contributed by atoms with E-state index in [1.165, 1.54) is 40.3 Å². The molecule has 14 aromatic rings. The zero-order valence-corrected chi connectivity index (χ0v) is 34.3. The second-order valence-corrected chi connectivity index (χ2v) is 17.9. The minimum absolute atomic E-state index is 0.553. The molecule has 0 aliphatic heterocycles. The Morgan fingerprint density at radius 1 is 0.355 bits per heavy atom. The van der Waals surface area contributed by atoms with Crippen LogP contribution in [-0.4, -0.2) is 34.1 Å². The molecule has 7 heterocycles. The fourth-order valence-corrected chi connectivity index (χ4v) is 11.6. The summed E-state index contributed by atoms with van der Waals surface area (Å²) in [5.41, 5.74) is 6.69. The number of hydrogen-bond donors (Lipinski definition) is 0. The van der Waals surface area contributed by atoms with Gasteiger partial charge in [-0.1, -0.05) is 72.8 Å². The molecule has 62 heavy (non-hydrogen) atoms. The van der Waals surface area contributed by atoms with Crippen molar-refractivity contribution in [2.75, 3.05) is 0 Å². The molecule has 288 valence electrons. The molecule has 0 aliphatic rings. The summed E-state index contributed by atoms with van der Waals surface area (Å²) in [6.07, 6.45) is 1.80. The van der Waals surface area contributed by atoms with Crippen molar-refractivity contribution in [1.29, 1.82) is 0 Å². The molecule has 0 amide bonds. The van der Waals surface area contributed by atoms with Crippen LogP contribution >= 0.6 is 22.7 Å². The minimum Gasteiger partial charge on any atom is -0.294 e. The summed E-state index contributed by atoms with van der Waals surface area (Å²) in [5.74, 6) is 2.59. The molecule has 0 bridgehead atoms. The van der Waals surface area contributed by atoms with Crippen LogP contribution in [0.4, 0.5) is 0 Å². The lowest BCUT2D eigenvalue weighted by atomic mass is 10.1. The lowest BCUT2D eigenvalue weighted by Crippen LogP contribution is -2.06. The SMILES string of the molecule is c1cnc2nc(-n3c4ccccc4c4cc5c6ccccc6n(-c6nc(-c7ccc8sc9ccccc9c8c7)nc(-c7ccc8sc9ccccc9c8c7)n6)c5cc43)ccc2c1. The quantitative estimate of drug-likeness (QED) is 0.177. The summed E-state index contributed by atoms with van der Waals surface area (Å²) in [7, 11) is 0. The summed E-state index contributed by atoms with van der Waals surface area (Å²) in [5, 5.41) is 10.4. The predicted molar refractivity (Wildman–Crippen MR) is 258 cm³/mol. The summed E-state index contributed by atoms with van der Waals surface area (Å²) < 4.78 is 9.46. The Bertz CT molecular complexity index is 4060. The summed E-state index contributed by atoms with van der Waals surface area (Å²) in [6.45, 7) is 0. The molecule has 0 spiro atoms. The van der Waals surface area contributed by atoms with Gasteiger partial charge in [-0.15, -0.1) is 22.7 Å². The molecule has 0 saturated carbocycles. The Kier molecular flexibility index (Phi) is 7.02. The number of hydrogen-bond acceptors (Lipinski definition) is 7. The Balaban J connectivity index is 1.06. The van der Waals surface area contributed by atoms with Gasteiger partial charge in [-0.25, -0.2) is 15.0 Å². The average Bonchev–Trinajstić information content (AvgIpc) is 4.07. The van der Waals surface area contributed by atoms with Crippen molar-refractivity contribution >= 4 is 118 Å². The van der Waals surface area contributed by atoms with E-state index in [0.717, 1.165) is 65.9 Å². The van der Waals surface area contributed by atoms with Gasteiger partial charge in [0.2, 0.25) is 5.95 Å². The Morgan fingerprint density at radius 3 is 1.55 bits per heavy atom. The monoisotopic (exact) mass is 827 g/mol. The number of para-hydroxylation sites is 2. The van der Waals surface area contributed by atoms with Gasteiger partial charge < -0.3 is 0 Å². The lowest BCUT2D eigenvalue weighted by Gasteiger charge is -2.12. The standard InChI is InChI=1S/C53H29N7S2/c1-5-15-41-33(11-1)37-28-38-34-12-2-6-16-42(34)60(44(38)29-43(37)59(41)49-24-21-30-10-9-25-54-50(30)55-49)53-57-51(31-19-22-47-39(26-31)35-13-3-7-17-45(35)61-47)56-52(58-53)32-20-23-48-40(27-32)36-14-4-8-18-46(36)62-48/h1-29H. The van der Waals surface area contributed by atoms with E-state index >= 15 is 0 Å². The highest BCUT2D eigenvalue weighted by Crippen LogP contribution is 2.41. The molecule has 0 atom stereocenters. The van der Waals surface area contributed by atoms with Gasteiger partial charge in [0.1, 0.15) is 5.82 Å². The molecular weight excluding hydrogens is 799 g/mol. The maximum absolute atomic E-state index is 5.40. The van der Waals surface area contributed by atoms with Gasteiger partial charge in [0.25, 0.3) is 0 Å². The topological polar surface area (TPSA) is 74.3 Å². The number of thiophene rings is 2. The molecule has 7 aromatic heterocycles. The van der Waals surface area contributed by atoms with Crippen LogP contribution in [0, 0.1) is 0 Å². The maximum Gasteiger partial charge on any atom is 0.238 e. The van der Waals surface area contributed by atoms with Gasteiger partial charge in [0.05, 0.1) is 22.1 Å². The zero-order chi connectivity index (χ0) is 40.5. The van der Waals surface area contributed by atoms with Crippen molar-refractivity contribution < 1.29 is 0 Å². The summed E-state index contributed by atoms with van der Waals surface area (Å²) in [4.78, 5) is 25.8.